The van der Waals surface area contributed by atoms with Crippen LogP contribution < -0.4 is 0 Å². The Morgan fingerprint density at radius 3 is 2.40 bits per heavy atom. The highest BCUT2D eigenvalue weighted by Gasteiger charge is 2.31. The second-order valence-electron chi connectivity index (χ2n) is 6.31. The number of non-ortho nitro benzene ring substituents is 1. The van der Waals surface area contributed by atoms with Crippen LogP contribution in [0, 0.1) is 16.0 Å². The second-order valence-corrected chi connectivity index (χ2v) is 6.31. The molecule has 0 atom stereocenters. The van der Waals surface area contributed by atoms with Crippen molar-refractivity contribution in [3.8, 4) is 0 Å². The number of nitro groups is 1. The van der Waals surface area contributed by atoms with Crippen LogP contribution in [-0.4, -0.2) is 65.9 Å². The third kappa shape index (κ3) is 3.96. The molecule has 0 bridgehead atoms. The smallest absolute Gasteiger partial charge is 0.270 e. The van der Waals surface area contributed by atoms with E-state index in [9.17, 15) is 19.7 Å². The van der Waals surface area contributed by atoms with Gasteiger partial charge in [0.2, 0.25) is 5.91 Å². The van der Waals surface area contributed by atoms with Crippen LogP contribution in [0.15, 0.2) is 24.3 Å². The minimum Gasteiger partial charge on any atom is -0.378 e. The van der Waals surface area contributed by atoms with Crippen LogP contribution in [0.2, 0.25) is 0 Å². The highest BCUT2D eigenvalue weighted by atomic mass is 16.6. The van der Waals surface area contributed by atoms with Gasteiger partial charge in [0.25, 0.3) is 11.6 Å². The van der Waals surface area contributed by atoms with Crippen molar-refractivity contribution in [2.75, 3.05) is 39.4 Å². The van der Waals surface area contributed by atoms with E-state index in [0.29, 0.717) is 57.8 Å². The first kappa shape index (κ1) is 17.3. The molecule has 2 aliphatic rings. The Bertz CT molecular complexity index is 664. The van der Waals surface area contributed by atoms with E-state index >= 15 is 0 Å². The van der Waals surface area contributed by atoms with Gasteiger partial charge in [-0.1, -0.05) is 6.07 Å². The van der Waals surface area contributed by atoms with Gasteiger partial charge in [-0.2, -0.15) is 0 Å². The number of ether oxygens (including phenoxy) is 1. The first-order valence-electron chi connectivity index (χ1n) is 8.46. The maximum atomic E-state index is 12.5. The topological polar surface area (TPSA) is 93.0 Å². The first-order valence-corrected chi connectivity index (χ1v) is 8.46. The molecule has 2 heterocycles. The average molecular weight is 347 g/mol. The summed E-state index contributed by atoms with van der Waals surface area (Å²) in [6.07, 6.45) is 1.24. The van der Waals surface area contributed by atoms with E-state index in [1.807, 2.05) is 4.90 Å². The Morgan fingerprint density at radius 1 is 1.08 bits per heavy atom. The molecule has 2 fully saturated rings. The number of carbonyl (C=O) groups is 2. The van der Waals surface area contributed by atoms with Crippen LogP contribution in [0.25, 0.3) is 0 Å². The molecule has 1 aromatic rings. The number of amides is 2. The third-order valence-corrected chi connectivity index (χ3v) is 4.76. The number of rotatable bonds is 3. The second kappa shape index (κ2) is 7.60. The SMILES string of the molecule is O=C(c1cccc([N+](=O)[O-])c1)N1CCC(C(=O)N2CCOCC2)CC1. The number of piperidine rings is 1. The van der Waals surface area contributed by atoms with Crippen molar-refractivity contribution in [3.05, 3.63) is 39.9 Å². The molecular weight excluding hydrogens is 326 g/mol. The van der Waals surface area contributed by atoms with Crippen molar-refractivity contribution in [2.45, 2.75) is 12.8 Å². The number of nitro benzene ring substituents is 1. The van der Waals surface area contributed by atoms with E-state index in [0.717, 1.165) is 0 Å². The fraction of sp³-hybridized carbons (Fsp3) is 0.529. The molecule has 1 aromatic carbocycles. The third-order valence-electron chi connectivity index (χ3n) is 4.76. The van der Waals surface area contributed by atoms with Crippen molar-refractivity contribution in [1.82, 2.24) is 9.80 Å². The largest absolute Gasteiger partial charge is 0.378 e. The van der Waals surface area contributed by atoms with E-state index in [1.54, 1.807) is 11.0 Å². The van der Waals surface area contributed by atoms with Gasteiger partial charge >= 0.3 is 0 Å². The number of morpholine rings is 1. The number of carbonyl (C=O) groups excluding carboxylic acids is 2. The number of hydrogen-bond donors (Lipinski definition) is 0. The zero-order valence-corrected chi connectivity index (χ0v) is 13.9. The lowest BCUT2D eigenvalue weighted by Crippen LogP contribution is -2.47. The van der Waals surface area contributed by atoms with E-state index in [2.05, 4.69) is 0 Å². The molecule has 0 unspecified atom stereocenters. The summed E-state index contributed by atoms with van der Waals surface area (Å²) in [6, 6.07) is 5.76. The monoisotopic (exact) mass is 347 g/mol. The summed E-state index contributed by atoms with van der Waals surface area (Å²) in [5, 5.41) is 10.8. The summed E-state index contributed by atoms with van der Waals surface area (Å²) in [7, 11) is 0. The van der Waals surface area contributed by atoms with Gasteiger partial charge in [0.05, 0.1) is 18.1 Å². The maximum absolute atomic E-state index is 12.5. The van der Waals surface area contributed by atoms with Crippen molar-refractivity contribution in [3.63, 3.8) is 0 Å². The Balaban J connectivity index is 1.58. The first-order chi connectivity index (χ1) is 12.1. The van der Waals surface area contributed by atoms with E-state index in [-0.39, 0.29) is 23.4 Å². The molecule has 0 spiro atoms. The summed E-state index contributed by atoms with van der Waals surface area (Å²) in [5.74, 6) is -0.140. The molecule has 2 aliphatic heterocycles. The zero-order chi connectivity index (χ0) is 17.8. The molecular formula is C17H21N3O5. The molecule has 0 radical (unpaired) electrons. The molecule has 0 saturated carbocycles. The highest BCUT2D eigenvalue weighted by molar-refractivity contribution is 5.95. The maximum Gasteiger partial charge on any atom is 0.270 e. The lowest BCUT2D eigenvalue weighted by Gasteiger charge is -2.35. The molecule has 2 saturated heterocycles. The summed E-state index contributed by atoms with van der Waals surface area (Å²) < 4.78 is 5.27. The van der Waals surface area contributed by atoms with Crippen LogP contribution >= 0.6 is 0 Å². The van der Waals surface area contributed by atoms with Gasteiger partial charge in [0.1, 0.15) is 0 Å². The van der Waals surface area contributed by atoms with Crippen molar-refractivity contribution < 1.29 is 19.2 Å². The zero-order valence-electron chi connectivity index (χ0n) is 13.9. The molecule has 134 valence electrons. The van der Waals surface area contributed by atoms with E-state index < -0.39 is 4.92 Å². The standard InChI is InChI=1S/C17H21N3O5/c21-16(19-8-10-25-11-9-19)13-4-6-18(7-5-13)17(22)14-2-1-3-15(12-14)20(23)24/h1-3,12-13H,4-11H2. The Morgan fingerprint density at radius 2 is 1.76 bits per heavy atom. The normalized spacial score (nSPS) is 18.9. The van der Waals surface area contributed by atoms with Gasteiger partial charge in [0.15, 0.2) is 0 Å². The highest BCUT2D eigenvalue weighted by Crippen LogP contribution is 2.23. The fourth-order valence-electron chi connectivity index (χ4n) is 3.31. The summed E-state index contributed by atoms with van der Waals surface area (Å²) >= 11 is 0. The molecule has 2 amide bonds. The van der Waals surface area contributed by atoms with Gasteiger partial charge in [-0.05, 0) is 18.9 Å². The van der Waals surface area contributed by atoms with Crippen molar-refractivity contribution >= 4 is 17.5 Å². The summed E-state index contributed by atoms with van der Waals surface area (Å²) in [4.78, 5) is 38.9. The number of benzene rings is 1. The van der Waals surface area contributed by atoms with E-state index in [1.165, 1.54) is 18.2 Å². The van der Waals surface area contributed by atoms with Crippen LogP contribution in [0.5, 0.6) is 0 Å². The van der Waals surface area contributed by atoms with Gasteiger partial charge in [-0.15, -0.1) is 0 Å². The summed E-state index contributed by atoms with van der Waals surface area (Å²) in [6.45, 7) is 3.40. The lowest BCUT2D eigenvalue weighted by molar-refractivity contribution is -0.384. The van der Waals surface area contributed by atoms with Crippen LogP contribution in [0.3, 0.4) is 0 Å². The molecule has 3 rings (SSSR count). The molecule has 8 heteroatoms. The van der Waals surface area contributed by atoms with Gasteiger partial charge in [-0.3, -0.25) is 19.7 Å². The number of likely N-dealkylation sites (tertiary alicyclic amines) is 1. The molecule has 0 aromatic heterocycles. The molecule has 0 N–H and O–H groups in total. The van der Waals surface area contributed by atoms with Crippen LogP contribution in [0.4, 0.5) is 5.69 Å². The number of hydrogen-bond acceptors (Lipinski definition) is 5. The molecule has 0 aliphatic carbocycles. The Kier molecular flexibility index (Phi) is 5.28. The lowest BCUT2D eigenvalue weighted by atomic mass is 9.94. The van der Waals surface area contributed by atoms with E-state index in [4.69, 9.17) is 4.74 Å². The van der Waals surface area contributed by atoms with Crippen LogP contribution in [0.1, 0.15) is 23.2 Å². The Labute approximate surface area is 145 Å². The van der Waals surface area contributed by atoms with Gasteiger partial charge in [0, 0.05) is 49.8 Å². The average Bonchev–Trinajstić information content (AvgIpc) is 2.67. The minimum absolute atomic E-state index is 0.0627. The fourth-order valence-corrected chi connectivity index (χ4v) is 3.31. The summed E-state index contributed by atoms with van der Waals surface area (Å²) in [5.41, 5.74) is 0.218. The predicted molar refractivity (Wildman–Crippen MR) is 89.1 cm³/mol. The van der Waals surface area contributed by atoms with Crippen molar-refractivity contribution in [2.24, 2.45) is 5.92 Å². The number of nitrogens with zero attached hydrogens (tertiary/aromatic N) is 3. The quantitative estimate of drug-likeness (QED) is 0.607. The minimum atomic E-state index is -0.510. The van der Waals surface area contributed by atoms with Gasteiger partial charge < -0.3 is 14.5 Å². The van der Waals surface area contributed by atoms with Crippen LogP contribution in [-0.2, 0) is 9.53 Å². The van der Waals surface area contributed by atoms with Crippen molar-refractivity contribution in [1.29, 1.82) is 0 Å². The van der Waals surface area contributed by atoms with Gasteiger partial charge in [-0.25, -0.2) is 0 Å². The molecule has 25 heavy (non-hydrogen) atoms. The predicted octanol–water partition coefficient (Wildman–Crippen LogP) is 1.31. The Hall–Kier alpha value is -2.48. The molecule has 8 nitrogen and oxygen atoms in total.